The first-order valence-corrected chi connectivity index (χ1v) is 9.35. The molecule has 0 aliphatic heterocycles. The lowest BCUT2D eigenvalue weighted by Gasteiger charge is -2.22. The second-order valence-electron chi connectivity index (χ2n) is 6.44. The van der Waals surface area contributed by atoms with Gasteiger partial charge in [-0.25, -0.2) is 4.79 Å². The molecule has 0 saturated heterocycles. The second-order valence-corrected chi connectivity index (χ2v) is 6.44. The highest BCUT2D eigenvalue weighted by molar-refractivity contribution is 5.96. The van der Waals surface area contributed by atoms with E-state index in [4.69, 9.17) is 9.47 Å². The zero-order valence-electron chi connectivity index (χ0n) is 16.0. The van der Waals surface area contributed by atoms with Crippen LogP contribution < -0.4 is 5.32 Å². The van der Waals surface area contributed by atoms with Crippen molar-refractivity contribution in [1.29, 1.82) is 0 Å². The molecule has 0 unspecified atom stereocenters. The molecule has 2 atom stereocenters. The van der Waals surface area contributed by atoms with E-state index in [1.807, 2.05) is 30.3 Å². The smallest absolute Gasteiger partial charge is 0.331 e. The van der Waals surface area contributed by atoms with E-state index in [2.05, 4.69) is 5.32 Å². The molecule has 2 rings (SSSR count). The Labute approximate surface area is 165 Å². The van der Waals surface area contributed by atoms with Gasteiger partial charge in [0.2, 0.25) is 0 Å². The number of benzene rings is 2. The zero-order chi connectivity index (χ0) is 20.2. The van der Waals surface area contributed by atoms with E-state index in [-0.39, 0.29) is 0 Å². The summed E-state index contributed by atoms with van der Waals surface area (Å²) in [4.78, 5) is 24.3. The Morgan fingerprint density at radius 3 is 2.29 bits per heavy atom. The molecular formula is C22H27NO5. The average Bonchev–Trinajstić information content (AvgIpc) is 2.74. The van der Waals surface area contributed by atoms with Crippen molar-refractivity contribution in [2.24, 2.45) is 0 Å². The Kier molecular flexibility index (Phi) is 9.18. The van der Waals surface area contributed by atoms with Gasteiger partial charge in [-0.2, -0.15) is 0 Å². The minimum atomic E-state index is -1.11. The number of aliphatic hydroxyl groups excluding tert-OH is 1. The fourth-order valence-corrected chi connectivity index (χ4v) is 2.74. The third-order valence-electron chi connectivity index (χ3n) is 4.31. The molecule has 0 aromatic heterocycles. The lowest BCUT2D eigenvalue weighted by Crippen LogP contribution is -2.49. The van der Waals surface area contributed by atoms with E-state index < -0.39 is 24.0 Å². The number of carbonyl (C=O) groups excluding carboxylic acids is 2. The average molecular weight is 385 g/mol. The molecule has 0 radical (unpaired) electrons. The Balaban J connectivity index is 1.75. The second kappa shape index (κ2) is 11.9. The van der Waals surface area contributed by atoms with E-state index in [0.29, 0.717) is 31.6 Å². The van der Waals surface area contributed by atoms with Crippen LogP contribution in [0.1, 0.15) is 35.2 Å². The Morgan fingerprint density at radius 2 is 1.64 bits per heavy atom. The van der Waals surface area contributed by atoms with E-state index in [0.717, 1.165) is 12.0 Å². The first kappa shape index (κ1) is 21.6. The molecule has 0 fully saturated rings. The fourth-order valence-electron chi connectivity index (χ4n) is 2.74. The zero-order valence-corrected chi connectivity index (χ0v) is 16.0. The van der Waals surface area contributed by atoms with Gasteiger partial charge in [-0.05, 0) is 37.0 Å². The number of hydrogen-bond donors (Lipinski definition) is 2. The summed E-state index contributed by atoms with van der Waals surface area (Å²) in [6, 6.07) is 17.3. The highest BCUT2D eigenvalue weighted by atomic mass is 16.5. The van der Waals surface area contributed by atoms with Crippen LogP contribution in [0.4, 0.5) is 0 Å². The van der Waals surface area contributed by atoms with Crippen LogP contribution in [-0.4, -0.2) is 42.8 Å². The number of nitrogens with one attached hydrogen (secondary N) is 1. The van der Waals surface area contributed by atoms with Gasteiger partial charge in [0.05, 0.1) is 19.8 Å². The van der Waals surface area contributed by atoms with Crippen molar-refractivity contribution >= 4 is 11.9 Å². The standard InChI is InChI=1S/C22H27NO5/c1-27-22(26)20(23-21(25)18-12-6-3-7-13-18)19(24)14-8-9-15-28-16-17-10-4-2-5-11-17/h2-7,10-13,19-20,24H,8-9,14-16H2,1H3,(H,23,25)/t19-,20-/m0/s1. The summed E-state index contributed by atoms with van der Waals surface area (Å²) in [5.41, 5.74) is 1.52. The van der Waals surface area contributed by atoms with Gasteiger partial charge in [-0.3, -0.25) is 4.79 Å². The summed E-state index contributed by atoms with van der Waals surface area (Å²) in [6.07, 6.45) is 0.716. The molecule has 28 heavy (non-hydrogen) atoms. The highest BCUT2D eigenvalue weighted by Gasteiger charge is 2.29. The van der Waals surface area contributed by atoms with Crippen molar-refractivity contribution in [3.8, 4) is 0 Å². The number of esters is 1. The summed E-state index contributed by atoms with van der Waals surface area (Å²) in [5, 5.41) is 12.9. The van der Waals surface area contributed by atoms with Crippen LogP contribution in [0.2, 0.25) is 0 Å². The Bertz CT molecular complexity index is 720. The predicted octanol–water partition coefficient (Wildman–Crippen LogP) is 2.71. The number of amides is 1. The predicted molar refractivity (Wildman–Crippen MR) is 106 cm³/mol. The number of hydrogen-bond acceptors (Lipinski definition) is 5. The van der Waals surface area contributed by atoms with Gasteiger partial charge in [-0.1, -0.05) is 48.5 Å². The lowest BCUT2D eigenvalue weighted by atomic mass is 10.0. The summed E-state index contributed by atoms with van der Waals surface area (Å²) in [5.74, 6) is -1.10. The lowest BCUT2D eigenvalue weighted by molar-refractivity contribution is -0.146. The number of unbranched alkanes of at least 4 members (excludes halogenated alkanes) is 1. The topological polar surface area (TPSA) is 84.9 Å². The highest BCUT2D eigenvalue weighted by Crippen LogP contribution is 2.09. The molecule has 6 nitrogen and oxygen atoms in total. The largest absolute Gasteiger partial charge is 0.467 e. The molecule has 2 aromatic rings. The molecule has 0 aliphatic carbocycles. The third kappa shape index (κ3) is 7.13. The molecule has 0 bridgehead atoms. The fraction of sp³-hybridized carbons (Fsp3) is 0.364. The number of rotatable bonds is 11. The van der Waals surface area contributed by atoms with Gasteiger partial charge in [0.25, 0.3) is 5.91 Å². The van der Waals surface area contributed by atoms with Gasteiger partial charge in [0.15, 0.2) is 6.04 Å². The maximum atomic E-state index is 12.3. The van der Waals surface area contributed by atoms with Crippen LogP contribution in [0.3, 0.4) is 0 Å². The number of aliphatic hydroxyl groups is 1. The van der Waals surface area contributed by atoms with E-state index >= 15 is 0 Å². The van der Waals surface area contributed by atoms with Crippen molar-refractivity contribution in [3.05, 3.63) is 71.8 Å². The molecule has 6 heteroatoms. The third-order valence-corrected chi connectivity index (χ3v) is 4.31. The monoisotopic (exact) mass is 385 g/mol. The summed E-state index contributed by atoms with van der Waals surface area (Å²) < 4.78 is 10.3. The van der Waals surface area contributed by atoms with Crippen molar-refractivity contribution in [2.45, 2.75) is 38.0 Å². The maximum absolute atomic E-state index is 12.3. The van der Waals surface area contributed by atoms with E-state index in [9.17, 15) is 14.7 Å². The molecule has 2 aromatic carbocycles. The van der Waals surface area contributed by atoms with Crippen LogP contribution in [-0.2, 0) is 20.9 Å². The molecular weight excluding hydrogens is 358 g/mol. The first-order chi connectivity index (χ1) is 13.6. The maximum Gasteiger partial charge on any atom is 0.331 e. The molecule has 0 heterocycles. The van der Waals surface area contributed by atoms with Gasteiger partial charge in [-0.15, -0.1) is 0 Å². The quantitative estimate of drug-likeness (QED) is 0.459. The van der Waals surface area contributed by atoms with Gasteiger partial charge in [0, 0.05) is 12.2 Å². The van der Waals surface area contributed by atoms with E-state index in [1.165, 1.54) is 7.11 Å². The Morgan fingerprint density at radius 1 is 1.00 bits per heavy atom. The normalized spacial score (nSPS) is 12.8. The van der Waals surface area contributed by atoms with Crippen LogP contribution in [0.5, 0.6) is 0 Å². The van der Waals surface area contributed by atoms with Crippen LogP contribution in [0.15, 0.2) is 60.7 Å². The minimum Gasteiger partial charge on any atom is -0.467 e. The Hall–Kier alpha value is -2.70. The molecule has 150 valence electrons. The summed E-state index contributed by atoms with van der Waals surface area (Å²) in [7, 11) is 1.23. The van der Waals surface area contributed by atoms with Gasteiger partial charge >= 0.3 is 5.97 Å². The minimum absolute atomic E-state index is 0.351. The van der Waals surface area contributed by atoms with Gasteiger partial charge in [0.1, 0.15) is 0 Å². The molecule has 1 amide bonds. The number of carbonyl (C=O) groups is 2. The summed E-state index contributed by atoms with van der Waals surface area (Å²) >= 11 is 0. The molecule has 0 aliphatic rings. The van der Waals surface area contributed by atoms with Gasteiger partial charge < -0.3 is 19.9 Å². The number of methoxy groups -OCH3 is 1. The molecule has 2 N–H and O–H groups in total. The van der Waals surface area contributed by atoms with Crippen molar-refractivity contribution in [1.82, 2.24) is 5.32 Å². The number of ether oxygens (including phenoxy) is 2. The SMILES string of the molecule is COC(=O)[C@@H](NC(=O)c1ccccc1)[C@@H](O)CCCCOCc1ccccc1. The molecule has 0 spiro atoms. The van der Waals surface area contributed by atoms with Crippen molar-refractivity contribution in [2.75, 3.05) is 13.7 Å². The van der Waals surface area contributed by atoms with Crippen LogP contribution in [0.25, 0.3) is 0 Å². The summed E-state index contributed by atoms with van der Waals surface area (Å²) in [6.45, 7) is 1.10. The van der Waals surface area contributed by atoms with E-state index in [1.54, 1.807) is 30.3 Å². The van der Waals surface area contributed by atoms with Crippen LogP contribution in [0, 0.1) is 0 Å². The molecule has 0 saturated carbocycles. The van der Waals surface area contributed by atoms with Crippen LogP contribution >= 0.6 is 0 Å². The van der Waals surface area contributed by atoms with Crippen molar-refractivity contribution in [3.63, 3.8) is 0 Å². The van der Waals surface area contributed by atoms with Crippen molar-refractivity contribution < 1.29 is 24.2 Å². The first-order valence-electron chi connectivity index (χ1n) is 9.35.